The zero-order valence-corrected chi connectivity index (χ0v) is 12.8. The number of nitrogens with one attached hydrogen (secondary N) is 2. The Hall–Kier alpha value is -2.71. The molecule has 0 bridgehead atoms. The zero-order chi connectivity index (χ0) is 17.4. The molecule has 0 amide bonds. The van der Waals surface area contributed by atoms with E-state index in [0.717, 1.165) is 18.0 Å². The molecule has 0 radical (unpaired) electrons. The summed E-state index contributed by atoms with van der Waals surface area (Å²) in [6.45, 7) is 1.47. The molecule has 130 valence electrons. The average Bonchev–Trinajstić information content (AvgIpc) is 3.05. The molecule has 0 saturated heterocycles. The fourth-order valence-electron chi connectivity index (χ4n) is 1.81. The van der Waals surface area contributed by atoms with E-state index in [4.69, 9.17) is 10.2 Å². The molecule has 0 aliphatic carbocycles. The molecule has 4 N–H and O–H groups in total. The van der Waals surface area contributed by atoms with E-state index in [2.05, 4.69) is 20.6 Å². The van der Waals surface area contributed by atoms with Crippen LogP contribution in [-0.4, -0.2) is 24.0 Å². The van der Waals surface area contributed by atoms with Gasteiger partial charge in [0.15, 0.2) is 5.96 Å². The highest BCUT2D eigenvalue weighted by Gasteiger charge is 2.30. The molecule has 2 aromatic rings. The molecule has 0 saturated carbocycles. The number of hydrogen-bond donors (Lipinski definition) is 3. The second-order valence-electron chi connectivity index (χ2n) is 4.92. The predicted molar refractivity (Wildman–Crippen MR) is 84.4 cm³/mol. The quantitative estimate of drug-likeness (QED) is 0.409. The van der Waals surface area contributed by atoms with E-state index in [0.29, 0.717) is 37.8 Å². The number of hydrogen-bond acceptors (Lipinski definition) is 4. The summed E-state index contributed by atoms with van der Waals surface area (Å²) in [7, 11) is 0. The summed E-state index contributed by atoms with van der Waals surface area (Å²) in [5.74, 6) is 1.41. The number of aromatic nitrogens is 1. The van der Waals surface area contributed by atoms with E-state index < -0.39 is 11.7 Å². The molecule has 0 aliphatic heterocycles. The largest absolute Gasteiger partial charge is 0.467 e. The topological polar surface area (TPSA) is 88.5 Å². The van der Waals surface area contributed by atoms with Crippen LogP contribution in [0.15, 0.2) is 46.1 Å². The van der Waals surface area contributed by atoms with Crippen LogP contribution >= 0.6 is 0 Å². The molecule has 0 spiro atoms. The third-order valence-electron chi connectivity index (χ3n) is 3.04. The van der Waals surface area contributed by atoms with Gasteiger partial charge in [-0.05, 0) is 30.7 Å². The number of rotatable bonds is 7. The van der Waals surface area contributed by atoms with E-state index in [1.54, 1.807) is 18.4 Å². The Labute approximate surface area is 137 Å². The number of nitrogens with zero attached hydrogens (tertiary/aromatic N) is 2. The predicted octanol–water partition coefficient (Wildman–Crippen LogP) is 2.60. The maximum atomic E-state index is 12.4. The normalized spacial score (nSPS) is 12.2. The highest BCUT2D eigenvalue weighted by molar-refractivity contribution is 5.77. The summed E-state index contributed by atoms with van der Waals surface area (Å²) in [5, 5.41) is 5.87. The first-order valence-electron chi connectivity index (χ1n) is 7.28. The molecule has 24 heavy (non-hydrogen) atoms. The van der Waals surface area contributed by atoms with Gasteiger partial charge in [-0.1, -0.05) is 0 Å². The third-order valence-corrected chi connectivity index (χ3v) is 3.04. The summed E-state index contributed by atoms with van der Waals surface area (Å²) in [6, 6.07) is 5.87. The fourth-order valence-corrected chi connectivity index (χ4v) is 1.81. The Morgan fingerprint density at radius 2 is 2.08 bits per heavy atom. The Kier molecular flexibility index (Phi) is 6.05. The molecular weight excluding hydrogens is 323 g/mol. The number of furan rings is 1. The van der Waals surface area contributed by atoms with E-state index >= 15 is 0 Å². The Balaban J connectivity index is 1.63. The molecule has 0 aromatic carbocycles. The standard InChI is InChI=1S/C15H18F3N5O/c16-15(17,18)11-4-5-13(22-9-11)20-6-2-7-21-14(19)23-10-12-3-1-8-24-12/h1,3-5,8-9H,2,6-7,10H2,(H,20,22)(H3,19,21,23). The van der Waals surface area contributed by atoms with E-state index in [9.17, 15) is 13.2 Å². The number of aliphatic imine (C=N–C) groups is 1. The van der Waals surface area contributed by atoms with Crippen molar-refractivity contribution in [3.05, 3.63) is 48.0 Å². The maximum Gasteiger partial charge on any atom is 0.417 e. The average molecular weight is 341 g/mol. The lowest BCUT2D eigenvalue weighted by Gasteiger charge is -2.09. The summed E-state index contributed by atoms with van der Waals surface area (Å²) < 4.78 is 42.3. The van der Waals surface area contributed by atoms with Crippen LogP contribution in [0.25, 0.3) is 0 Å². The monoisotopic (exact) mass is 341 g/mol. The summed E-state index contributed by atoms with van der Waals surface area (Å²) in [5.41, 5.74) is 4.93. The number of nitrogens with two attached hydrogens (primary N) is 1. The molecular formula is C15H18F3N5O. The molecule has 0 fully saturated rings. The van der Waals surface area contributed by atoms with Gasteiger partial charge in [-0.3, -0.25) is 0 Å². The van der Waals surface area contributed by atoms with Crippen molar-refractivity contribution in [2.75, 3.05) is 18.4 Å². The molecule has 0 aliphatic rings. The molecule has 2 aromatic heterocycles. The van der Waals surface area contributed by atoms with Crippen LogP contribution in [0.5, 0.6) is 0 Å². The first-order chi connectivity index (χ1) is 11.4. The van der Waals surface area contributed by atoms with Gasteiger partial charge < -0.3 is 20.8 Å². The Morgan fingerprint density at radius 1 is 1.25 bits per heavy atom. The van der Waals surface area contributed by atoms with Crippen LogP contribution in [0.2, 0.25) is 0 Å². The van der Waals surface area contributed by atoms with Gasteiger partial charge in [0, 0.05) is 19.3 Å². The number of pyridine rings is 1. The van der Waals surface area contributed by atoms with Crippen LogP contribution in [0.4, 0.5) is 19.0 Å². The second kappa shape index (κ2) is 8.23. The molecule has 0 atom stereocenters. The number of alkyl halides is 3. The highest BCUT2D eigenvalue weighted by atomic mass is 19.4. The smallest absolute Gasteiger partial charge is 0.417 e. The van der Waals surface area contributed by atoms with Gasteiger partial charge in [0.25, 0.3) is 0 Å². The van der Waals surface area contributed by atoms with Crippen LogP contribution in [0.1, 0.15) is 17.7 Å². The molecule has 2 heterocycles. The lowest BCUT2D eigenvalue weighted by atomic mass is 10.3. The van der Waals surface area contributed by atoms with Crippen molar-refractivity contribution in [3.8, 4) is 0 Å². The van der Waals surface area contributed by atoms with Gasteiger partial charge in [0.1, 0.15) is 18.1 Å². The van der Waals surface area contributed by atoms with Crippen molar-refractivity contribution in [2.24, 2.45) is 10.7 Å². The van der Waals surface area contributed by atoms with Gasteiger partial charge in [0.2, 0.25) is 0 Å². The Bertz CT molecular complexity index is 638. The van der Waals surface area contributed by atoms with Crippen LogP contribution in [0.3, 0.4) is 0 Å². The van der Waals surface area contributed by atoms with Crippen molar-refractivity contribution in [3.63, 3.8) is 0 Å². The van der Waals surface area contributed by atoms with Crippen LogP contribution in [0, 0.1) is 0 Å². The minimum atomic E-state index is -4.37. The number of halogens is 3. The van der Waals surface area contributed by atoms with Crippen molar-refractivity contribution in [1.29, 1.82) is 0 Å². The Morgan fingerprint density at radius 3 is 2.71 bits per heavy atom. The van der Waals surface area contributed by atoms with Crippen LogP contribution in [-0.2, 0) is 12.7 Å². The lowest BCUT2D eigenvalue weighted by molar-refractivity contribution is -0.137. The van der Waals surface area contributed by atoms with Crippen molar-refractivity contribution >= 4 is 11.8 Å². The van der Waals surface area contributed by atoms with Gasteiger partial charge in [-0.25, -0.2) is 9.98 Å². The van der Waals surface area contributed by atoms with E-state index in [1.165, 1.54) is 6.07 Å². The van der Waals surface area contributed by atoms with Crippen molar-refractivity contribution < 1.29 is 17.6 Å². The number of guanidine groups is 1. The third kappa shape index (κ3) is 5.82. The lowest BCUT2D eigenvalue weighted by Crippen LogP contribution is -2.33. The summed E-state index contributed by atoms with van der Waals surface area (Å²) in [4.78, 5) is 7.83. The first kappa shape index (κ1) is 17.6. The van der Waals surface area contributed by atoms with Gasteiger partial charge in [0.05, 0.1) is 11.8 Å². The second-order valence-corrected chi connectivity index (χ2v) is 4.92. The molecule has 9 heteroatoms. The van der Waals surface area contributed by atoms with Crippen LogP contribution < -0.4 is 16.4 Å². The summed E-state index contributed by atoms with van der Waals surface area (Å²) in [6.07, 6.45) is -1.31. The van der Waals surface area contributed by atoms with E-state index in [-0.39, 0.29) is 0 Å². The van der Waals surface area contributed by atoms with Crippen molar-refractivity contribution in [1.82, 2.24) is 10.3 Å². The van der Waals surface area contributed by atoms with Gasteiger partial charge in [-0.2, -0.15) is 13.2 Å². The SMILES string of the molecule is NC(=NCc1ccco1)NCCCNc1ccc(C(F)(F)F)cn1. The fraction of sp³-hybridized carbons (Fsp3) is 0.333. The zero-order valence-electron chi connectivity index (χ0n) is 12.8. The maximum absolute atomic E-state index is 12.4. The first-order valence-corrected chi connectivity index (χ1v) is 7.28. The summed E-state index contributed by atoms with van der Waals surface area (Å²) >= 11 is 0. The van der Waals surface area contributed by atoms with Gasteiger partial charge in [-0.15, -0.1) is 0 Å². The van der Waals surface area contributed by atoms with Gasteiger partial charge >= 0.3 is 6.18 Å². The number of anilines is 1. The molecule has 6 nitrogen and oxygen atoms in total. The van der Waals surface area contributed by atoms with Crippen molar-refractivity contribution in [2.45, 2.75) is 19.1 Å². The molecule has 0 unspecified atom stereocenters. The van der Waals surface area contributed by atoms with E-state index in [1.807, 2.05) is 0 Å². The minimum Gasteiger partial charge on any atom is -0.467 e. The molecule has 2 rings (SSSR count). The minimum absolute atomic E-state index is 0.305. The highest BCUT2D eigenvalue weighted by Crippen LogP contribution is 2.28.